The van der Waals surface area contributed by atoms with Gasteiger partial charge in [-0.15, -0.1) is 23.7 Å². The van der Waals surface area contributed by atoms with E-state index in [2.05, 4.69) is 15.2 Å². The molecule has 0 saturated carbocycles. The van der Waals surface area contributed by atoms with Gasteiger partial charge in [0.05, 0.1) is 16.8 Å². The monoisotopic (exact) mass is 329 g/mol. The minimum atomic E-state index is -0.180. The molecule has 1 aliphatic heterocycles. The van der Waals surface area contributed by atoms with Crippen LogP contribution in [0.15, 0.2) is 18.2 Å². The lowest BCUT2D eigenvalue weighted by Crippen LogP contribution is -2.36. The Hall–Kier alpha value is -0.750. The van der Waals surface area contributed by atoms with Crippen molar-refractivity contribution in [1.29, 1.82) is 0 Å². The van der Waals surface area contributed by atoms with Crippen LogP contribution in [-0.2, 0) is 6.54 Å². The first-order valence-corrected chi connectivity index (χ1v) is 7.98. The molecule has 0 spiro atoms. The Morgan fingerprint density at radius 3 is 2.86 bits per heavy atom. The van der Waals surface area contributed by atoms with Crippen molar-refractivity contribution in [1.82, 2.24) is 15.2 Å². The summed E-state index contributed by atoms with van der Waals surface area (Å²) in [6.07, 6.45) is 2.50. The van der Waals surface area contributed by atoms with Crippen molar-refractivity contribution in [3.63, 3.8) is 0 Å². The maximum absolute atomic E-state index is 13.2. The summed E-state index contributed by atoms with van der Waals surface area (Å²) in [5, 5.41) is 4.36. The average Bonchev–Trinajstić information content (AvgIpc) is 2.82. The summed E-state index contributed by atoms with van der Waals surface area (Å²) in [5.74, 6) is 0.626. The normalized spacial score (nSPS) is 17.0. The Balaban J connectivity index is 0.00000161. The Morgan fingerprint density at radius 2 is 2.14 bits per heavy atom. The van der Waals surface area contributed by atoms with Gasteiger partial charge in [0.15, 0.2) is 0 Å². The fourth-order valence-electron chi connectivity index (χ4n) is 2.84. The molecule has 3 rings (SSSR count). The number of rotatable bonds is 4. The van der Waals surface area contributed by atoms with Gasteiger partial charge < -0.3 is 5.32 Å². The first kappa shape index (κ1) is 16.6. The van der Waals surface area contributed by atoms with Gasteiger partial charge >= 0.3 is 0 Å². The number of piperidine rings is 1. The van der Waals surface area contributed by atoms with E-state index in [0.29, 0.717) is 0 Å². The molecule has 1 N–H and O–H groups in total. The molecule has 1 aromatic heterocycles. The maximum atomic E-state index is 13.2. The van der Waals surface area contributed by atoms with E-state index < -0.39 is 0 Å². The fraction of sp³-hybridized carbons (Fsp3) is 0.533. The molecule has 21 heavy (non-hydrogen) atoms. The van der Waals surface area contributed by atoms with Gasteiger partial charge in [-0.05, 0) is 63.6 Å². The molecular formula is C15H21ClFN3S. The van der Waals surface area contributed by atoms with Crippen LogP contribution in [0.2, 0.25) is 0 Å². The number of thiazole rings is 1. The van der Waals surface area contributed by atoms with E-state index in [0.717, 1.165) is 47.3 Å². The highest BCUT2D eigenvalue weighted by Gasteiger charge is 2.19. The van der Waals surface area contributed by atoms with Crippen molar-refractivity contribution in [3.8, 4) is 0 Å². The van der Waals surface area contributed by atoms with E-state index in [-0.39, 0.29) is 18.2 Å². The minimum absolute atomic E-state index is 0. The van der Waals surface area contributed by atoms with Crippen LogP contribution in [0.3, 0.4) is 0 Å². The van der Waals surface area contributed by atoms with Crippen LogP contribution in [0, 0.1) is 11.7 Å². The Kier molecular flexibility index (Phi) is 5.93. The van der Waals surface area contributed by atoms with Crippen molar-refractivity contribution in [2.75, 3.05) is 26.7 Å². The predicted octanol–water partition coefficient (Wildman–Crippen LogP) is 3.29. The van der Waals surface area contributed by atoms with Gasteiger partial charge in [-0.3, -0.25) is 4.90 Å². The second kappa shape index (κ2) is 7.49. The van der Waals surface area contributed by atoms with Crippen molar-refractivity contribution in [2.24, 2.45) is 5.92 Å². The number of nitrogens with one attached hydrogen (secondary N) is 1. The van der Waals surface area contributed by atoms with E-state index in [4.69, 9.17) is 0 Å². The molecule has 1 saturated heterocycles. The molecule has 1 aliphatic rings. The van der Waals surface area contributed by atoms with Crippen LogP contribution in [-0.4, -0.2) is 36.6 Å². The van der Waals surface area contributed by atoms with Gasteiger partial charge in [-0.1, -0.05) is 0 Å². The zero-order valence-electron chi connectivity index (χ0n) is 12.1. The second-order valence-electron chi connectivity index (χ2n) is 5.50. The summed E-state index contributed by atoms with van der Waals surface area (Å²) >= 11 is 1.61. The van der Waals surface area contributed by atoms with E-state index in [1.54, 1.807) is 23.5 Å². The third-order valence-corrected chi connectivity index (χ3v) is 4.96. The molecule has 0 aliphatic carbocycles. The van der Waals surface area contributed by atoms with Gasteiger partial charge in [0, 0.05) is 0 Å². The Bertz CT molecular complexity index is 581. The van der Waals surface area contributed by atoms with Gasteiger partial charge in [-0.2, -0.15) is 0 Å². The van der Waals surface area contributed by atoms with Crippen LogP contribution in [0.1, 0.15) is 17.8 Å². The molecular weight excluding hydrogens is 309 g/mol. The number of nitrogens with zero attached hydrogens (tertiary/aromatic N) is 2. The summed E-state index contributed by atoms with van der Waals surface area (Å²) in [7, 11) is 2.02. The molecule has 0 unspecified atom stereocenters. The highest BCUT2D eigenvalue weighted by Crippen LogP contribution is 2.25. The van der Waals surface area contributed by atoms with Gasteiger partial charge in [0.1, 0.15) is 10.8 Å². The third-order valence-electron chi connectivity index (χ3n) is 3.95. The largest absolute Gasteiger partial charge is 0.319 e. The summed E-state index contributed by atoms with van der Waals surface area (Å²) in [6.45, 7) is 4.29. The Labute approximate surface area is 135 Å². The highest BCUT2D eigenvalue weighted by atomic mass is 35.5. The zero-order chi connectivity index (χ0) is 13.9. The molecule has 0 bridgehead atoms. The van der Waals surface area contributed by atoms with Crippen LogP contribution in [0.25, 0.3) is 10.2 Å². The molecule has 116 valence electrons. The number of hydrogen-bond acceptors (Lipinski definition) is 4. The van der Waals surface area contributed by atoms with Crippen molar-refractivity contribution in [2.45, 2.75) is 19.4 Å². The number of likely N-dealkylation sites (tertiary alicyclic amines) is 1. The summed E-state index contributed by atoms with van der Waals surface area (Å²) in [4.78, 5) is 7.06. The minimum Gasteiger partial charge on any atom is -0.319 e. The van der Waals surface area contributed by atoms with Crippen LogP contribution >= 0.6 is 23.7 Å². The Morgan fingerprint density at radius 1 is 1.38 bits per heavy atom. The first-order chi connectivity index (χ1) is 9.74. The van der Waals surface area contributed by atoms with E-state index in [1.807, 2.05) is 7.05 Å². The topological polar surface area (TPSA) is 28.2 Å². The molecule has 0 amide bonds. The standard InChI is InChI=1S/C15H20FN3S.ClH/c1-17-9-11-4-6-19(7-5-11)10-15-18-13-3-2-12(16)8-14(13)20-15;/h2-3,8,11,17H,4-7,9-10H2,1H3;1H. The number of benzene rings is 1. The van der Waals surface area contributed by atoms with Crippen molar-refractivity contribution in [3.05, 3.63) is 29.0 Å². The summed E-state index contributed by atoms with van der Waals surface area (Å²) in [6, 6.07) is 4.83. The molecule has 1 fully saturated rings. The van der Waals surface area contributed by atoms with Crippen molar-refractivity contribution >= 4 is 34.0 Å². The van der Waals surface area contributed by atoms with Gasteiger partial charge in [0.2, 0.25) is 0 Å². The first-order valence-electron chi connectivity index (χ1n) is 7.16. The quantitative estimate of drug-likeness (QED) is 0.933. The maximum Gasteiger partial charge on any atom is 0.124 e. The number of hydrogen-bond donors (Lipinski definition) is 1. The average molecular weight is 330 g/mol. The van der Waals surface area contributed by atoms with Gasteiger partial charge in [-0.25, -0.2) is 9.37 Å². The summed E-state index contributed by atoms with van der Waals surface area (Å²) in [5.41, 5.74) is 0.913. The summed E-state index contributed by atoms with van der Waals surface area (Å²) < 4.78 is 14.1. The van der Waals surface area contributed by atoms with Crippen molar-refractivity contribution < 1.29 is 4.39 Å². The molecule has 3 nitrogen and oxygen atoms in total. The highest BCUT2D eigenvalue weighted by molar-refractivity contribution is 7.18. The zero-order valence-corrected chi connectivity index (χ0v) is 13.8. The van der Waals surface area contributed by atoms with Gasteiger partial charge in [0.25, 0.3) is 0 Å². The molecule has 6 heteroatoms. The van der Waals surface area contributed by atoms with E-state index in [1.165, 1.54) is 18.9 Å². The molecule has 1 aromatic carbocycles. The van der Waals surface area contributed by atoms with Crippen LogP contribution in [0.5, 0.6) is 0 Å². The lowest BCUT2D eigenvalue weighted by atomic mass is 9.97. The third kappa shape index (κ3) is 4.13. The predicted molar refractivity (Wildman–Crippen MR) is 88.8 cm³/mol. The molecule has 0 atom stereocenters. The molecule has 0 radical (unpaired) electrons. The number of aromatic nitrogens is 1. The number of fused-ring (bicyclic) bond motifs is 1. The number of halogens is 2. The fourth-order valence-corrected chi connectivity index (χ4v) is 3.88. The molecule has 2 aromatic rings. The van der Waals surface area contributed by atoms with Crippen LogP contribution in [0.4, 0.5) is 4.39 Å². The lowest BCUT2D eigenvalue weighted by molar-refractivity contribution is 0.176. The smallest absolute Gasteiger partial charge is 0.124 e. The van der Waals surface area contributed by atoms with Crippen LogP contribution < -0.4 is 5.32 Å². The van der Waals surface area contributed by atoms with E-state index in [9.17, 15) is 4.39 Å². The SMILES string of the molecule is CNCC1CCN(Cc2nc3ccc(F)cc3s2)CC1.Cl. The second-order valence-corrected chi connectivity index (χ2v) is 6.61. The molecule has 2 heterocycles. The lowest BCUT2D eigenvalue weighted by Gasteiger charge is -2.31. The van der Waals surface area contributed by atoms with E-state index >= 15 is 0 Å².